The third-order valence-corrected chi connectivity index (χ3v) is 4.31. The van der Waals surface area contributed by atoms with Crippen LogP contribution in [0.2, 0.25) is 5.02 Å². The minimum atomic E-state index is 0. The second-order valence-corrected chi connectivity index (χ2v) is 6.15. The number of aromatic nitrogens is 1. The highest BCUT2D eigenvalue weighted by molar-refractivity contribution is 14.0. The van der Waals surface area contributed by atoms with Crippen molar-refractivity contribution in [3.05, 3.63) is 35.0 Å². The van der Waals surface area contributed by atoms with Crippen LogP contribution in [-0.2, 0) is 6.42 Å². The molecule has 1 fully saturated rings. The minimum Gasteiger partial charge on any atom is -0.361 e. The van der Waals surface area contributed by atoms with E-state index in [-0.39, 0.29) is 24.0 Å². The zero-order valence-electron chi connectivity index (χ0n) is 12.8. The maximum atomic E-state index is 6.07. The molecule has 2 atom stereocenters. The lowest BCUT2D eigenvalue weighted by Crippen LogP contribution is -2.39. The molecule has 4 nitrogen and oxygen atoms in total. The van der Waals surface area contributed by atoms with Gasteiger partial charge < -0.3 is 15.6 Å². The lowest BCUT2D eigenvalue weighted by molar-refractivity contribution is 0.759. The predicted octanol–water partition coefficient (Wildman–Crippen LogP) is 3.56. The van der Waals surface area contributed by atoms with Gasteiger partial charge in [-0.25, -0.2) is 0 Å². The fraction of sp³-hybridized carbons (Fsp3) is 0.438. The van der Waals surface area contributed by atoms with Crippen LogP contribution in [0.3, 0.4) is 0 Å². The molecule has 3 rings (SSSR count). The smallest absolute Gasteiger partial charge is 0.191 e. The fourth-order valence-corrected chi connectivity index (χ4v) is 2.74. The Morgan fingerprint density at radius 1 is 1.45 bits per heavy atom. The van der Waals surface area contributed by atoms with Crippen LogP contribution in [0, 0.1) is 5.92 Å². The van der Waals surface area contributed by atoms with Crippen molar-refractivity contribution in [1.82, 2.24) is 15.6 Å². The van der Waals surface area contributed by atoms with Gasteiger partial charge in [0.1, 0.15) is 0 Å². The number of aromatic amines is 1. The first kappa shape index (κ1) is 17.4. The first-order valence-electron chi connectivity index (χ1n) is 7.40. The van der Waals surface area contributed by atoms with Gasteiger partial charge in [0.25, 0.3) is 0 Å². The number of hydrogen-bond donors (Lipinski definition) is 3. The van der Waals surface area contributed by atoms with Crippen molar-refractivity contribution in [2.45, 2.75) is 25.8 Å². The highest BCUT2D eigenvalue weighted by Gasteiger charge is 2.33. The molecule has 120 valence electrons. The van der Waals surface area contributed by atoms with Crippen LogP contribution in [0.1, 0.15) is 18.9 Å². The normalized spacial score (nSPS) is 20.6. The minimum absolute atomic E-state index is 0. The quantitative estimate of drug-likeness (QED) is 0.393. The summed E-state index contributed by atoms with van der Waals surface area (Å²) in [5.41, 5.74) is 2.40. The number of benzene rings is 1. The molecule has 1 aromatic carbocycles. The molecule has 6 heteroatoms. The van der Waals surface area contributed by atoms with Crippen LogP contribution in [0.5, 0.6) is 0 Å². The Morgan fingerprint density at radius 3 is 2.91 bits per heavy atom. The number of aliphatic imine (C=N–C) groups is 1. The number of guanidine groups is 1. The van der Waals surface area contributed by atoms with E-state index in [0.717, 1.165) is 35.4 Å². The Balaban J connectivity index is 0.00000176. The third-order valence-electron chi connectivity index (χ3n) is 4.07. The highest BCUT2D eigenvalue weighted by Crippen LogP contribution is 2.28. The Hall–Kier alpha value is -0.950. The van der Waals surface area contributed by atoms with E-state index in [9.17, 15) is 0 Å². The van der Waals surface area contributed by atoms with E-state index < -0.39 is 0 Å². The number of nitrogens with zero attached hydrogens (tertiary/aromatic N) is 1. The highest BCUT2D eigenvalue weighted by atomic mass is 127. The number of fused-ring (bicyclic) bond motifs is 1. The van der Waals surface area contributed by atoms with Crippen LogP contribution in [0.25, 0.3) is 10.9 Å². The summed E-state index contributed by atoms with van der Waals surface area (Å²) in [6.07, 6.45) is 4.23. The molecule has 0 aliphatic heterocycles. The van der Waals surface area contributed by atoms with Gasteiger partial charge in [-0.15, -0.1) is 24.0 Å². The molecule has 1 heterocycles. The SMILES string of the molecule is CN=C(NCCc1c[nH]c2ccc(Cl)cc12)NC1CC1C.I. The number of hydrogen-bond acceptors (Lipinski definition) is 1. The molecule has 0 radical (unpaired) electrons. The van der Waals surface area contributed by atoms with Gasteiger partial charge in [-0.05, 0) is 42.5 Å². The predicted molar refractivity (Wildman–Crippen MR) is 104 cm³/mol. The van der Waals surface area contributed by atoms with E-state index in [4.69, 9.17) is 11.6 Å². The number of rotatable bonds is 4. The van der Waals surface area contributed by atoms with Crippen LogP contribution < -0.4 is 10.6 Å². The second-order valence-electron chi connectivity index (χ2n) is 5.72. The molecule has 0 amide bonds. The van der Waals surface area contributed by atoms with Crippen LogP contribution >= 0.6 is 35.6 Å². The first-order chi connectivity index (χ1) is 10.2. The average molecular weight is 433 g/mol. The number of halogens is 2. The molecule has 1 aromatic heterocycles. The Bertz CT molecular complexity index is 667. The molecular weight excluding hydrogens is 411 g/mol. The van der Waals surface area contributed by atoms with Gasteiger partial charge in [-0.2, -0.15) is 0 Å². The van der Waals surface area contributed by atoms with Crippen molar-refractivity contribution < 1.29 is 0 Å². The van der Waals surface area contributed by atoms with E-state index in [1.54, 1.807) is 0 Å². The van der Waals surface area contributed by atoms with Gasteiger partial charge >= 0.3 is 0 Å². The van der Waals surface area contributed by atoms with E-state index >= 15 is 0 Å². The fourth-order valence-electron chi connectivity index (χ4n) is 2.57. The Kier molecular flexibility index (Phi) is 5.97. The van der Waals surface area contributed by atoms with E-state index in [0.29, 0.717) is 6.04 Å². The molecule has 0 saturated heterocycles. The zero-order chi connectivity index (χ0) is 14.8. The largest absolute Gasteiger partial charge is 0.361 e. The topological polar surface area (TPSA) is 52.2 Å². The molecular formula is C16H22ClIN4. The maximum Gasteiger partial charge on any atom is 0.191 e. The van der Waals surface area contributed by atoms with Crippen molar-refractivity contribution in [1.29, 1.82) is 0 Å². The van der Waals surface area contributed by atoms with E-state index in [2.05, 4.69) is 33.7 Å². The van der Waals surface area contributed by atoms with E-state index in [1.165, 1.54) is 17.4 Å². The van der Waals surface area contributed by atoms with Crippen molar-refractivity contribution in [2.75, 3.05) is 13.6 Å². The molecule has 1 aliphatic rings. The van der Waals surface area contributed by atoms with Gasteiger partial charge in [0.05, 0.1) is 0 Å². The Labute approximate surface area is 153 Å². The van der Waals surface area contributed by atoms with Crippen molar-refractivity contribution in [3.8, 4) is 0 Å². The first-order valence-corrected chi connectivity index (χ1v) is 7.78. The van der Waals surface area contributed by atoms with Crippen molar-refractivity contribution in [3.63, 3.8) is 0 Å². The van der Waals surface area contributed by atoms with Gasteiger partial charge in [0.2, 0.25) is 0 Å². The summed E-state index contributed by atoms with van der Waals surface area (Å²) in [6.45, 7) is 3.10. The summed E-state index contributed by atoms with van der Waals surface area (Å²) in [5, 5.41) is 8.77. The van der Waals surface area contributed by atoms with Crippen LogP contribution in [0.15, 0.2) is 29.4 Å². The molecule has 2 aromatic rings. The van der Waals surface area contributed by atoms with Crippen LogP contribution in [-0.4, -0.2) is 30.6 Å². The van der Waals surface area contributed by atoms with Crippen molar-refractivity contribution >= 4 is 52.4 Å². The summed E-state index contributed by atoms with van der Waals surface area (Å²) in [7, 11) is 1.81. The molecule has 2 unspecified atom stereocenters. The monoisotopic (exact) mass is 432 g/mol. The van der Waals surface area contributed by atoms with Crippen LogP contribution in [0.4, 0.5) is 0 Å². The number of nitrogens with one attached hydrogen (secondary N) is 3. The van der Waals surface area contributed by atoms with Gasteiger partial charge in [0, 0.05) is 41.8 Å². The molecule has 1 saturated carbocycles. The van der Waals surface area contributed by atoms with Gasteiger partial charge in [-0.3, -0.25) is 4.99 Å². The second kappa shape index (κ2) is 7.55. The van der Waals surface area contributed by atoms with Crippen molar-refractivity contribution in [2.24, 2.45) is 10.9 Å². The summed E-state index contributed by atoms with van der Waals surface area (Å²) >= 11 is 6.07. The zero-order valence-corrected chi connectivity index (χ0v) is 15.9. The molecule has 0 spiro atoms. The summed E-state index contributed by atoms with van der Waals surface area (Å²) < 4.78 is 0. The average Bonchev–Trinajstić information content (AvgIpc) is 3.02. The maximum absolute atomic E-state index is 6.07. The summed E-state index contributed by atoms with van der Waals surface area (Å²) in [4.78, 5) is 7.55. The summed E-state index contributed by atoms with van der Waals surface area (Å²) in [6, 6.07) is 6.53. The standard InChI is InChI=1S/C16H21ClN4.HI/c1-10-7-15(10)21-16(18-2)19-6-5-11-9-20-14-4-3-12(17)8-13(11)14;/h3-4,8-10,15,20H,5-7H2,1-2H3,(H2,18,19,21);1H. The van der Waals surface area contributed by atoms with E-state index in [1.807, 2.05) is 25.2 Å². The molecule has 1 aliphatic carbocycles. The Morgan fingerprint density at radius 2 is 2.23 bits per heavy atom. The number of H-pyrrole nitrogens is 1. The molecule has 0 bridgehead atoms. The lowest BCUT2D eigenvalue weighted by atomic mass is 10.1. The summed E-state index contributed by atoms with van der Waals surface area (Å²) in [5.74, 6) is 1.65. The van der Waals surface area contributed by atoms with Gasteiger partial charge in [0.15, 0.2) is 5.96 Å². The molecule has 22 heavy (non-hydrogen) atoms. The van der Waals surface area contributed by atoms with Gasteiger partial charge in [-0.1, -0.05) is 18.5 Å². The lowest BCUT2D eigenvalue weighted by Gasteiger charge is -2.11. The third kappa shape index (κ3) is 4.07. The molecule has 3 N–H and O–H groups in total.